The van der Waals surface area contributed by atoms with Crippen molar-refractivity contribution in [1.29, 1.82) is 0 Å². The summed E-state index contributed by atoms with van der Waals surface area (Å²) in [5.41, 5.74) is 4.20. The zero-order chi connectivity index (χ0) is 12.1. The van der Waals surface area contributed by atoms with Crippen LogP contribution in [0, 0.1) is 5.82 Å². The Balaban J connectivity index is 2.82. The summed E-state index contributed by atoms with van der Waals surface area (Å²) < 4.78 is 13.6. The molecular weight excluding hydrogens is 227 g/mol. The van der Waals surface area contributed by atoms with Gasteiger partial charge in [-0.1, -0.05) is 23.2 Å². The smallest absolute Gasteiger partial charge is 0.129 e. The van der Waals surface area contributed by atoms with E-state index < -0.39 is 0 Å². The second-order valence-electron chi connectivity index (χ2n) is 3.88. The van der Waals surface area contributed by atoms with E-state index in [9.17, 15) is 4.39 Å². The lowest BCUT2D eigenvalue weighted by molar-refractivity contribution is 0.485. The summed E-state index contributed by atoms with van der Waals surface area (Å²) >= 11 is 5.69. The molecular formula is C12H16ClFN2. The number of hydrogen-bond acceptors (Lipinski definition) is 2. The molecule has 1 rings (SSSR count). The fraction of sp³-hybridized carbons (Fsp3) is 0.333. The summed E-state index contributed by atoms with van der Waals surface area (Å²) in [6, 6.07) is 4.39. The quantitative estimate of drug-likeness (QED) is 0.472. The third kappa shape index (κ3) is 3.59. The molecule has 0 aliphatic rings. The number of nitrogens with one attached hydrogen (secondary N) is 1. The molecule has 88 valence electrons. The summed E-state index contributed by atoms with van der Waals surface area (Å²) in [6.45, 7) is 5.74. The fourth-order valence-corrected chi connectivity index (χ4v) is 1.66. The first kappa shape index (κ1) is 13.2. The van der Waals surface area contributed by atoms with E-state index in [1.165, 1.54) is 6.07 Å². The first-order valence-corrected chi connectivity index (χ1v) is 5.48. The molecule has 1 atom stereocenters. The predicted molar refractivity (Wildman–Crippen MR) is 65.5 cm³/mol. The molecule has 0 amide bonds. The minimum Gasteiger partial charge on any atom is -0.271 e. The van der Waals surface area contributed by atoms with Crippen LogP contribution in [0.1, 0.15) is 31.4 Å². The van der Waals surface area contributed by atoms with E-state index >= 15 is 0 Å². The Kier molecular flexibility index (Phi) is 4.93. The van der Waals surface area contributed by atoms with Crippen LogP contribution in [0.4, 0.5) is 4.39 Å². The highest BCUT2D eigenvalue weighted by Crippen LogP contribution is 2.24. The molecule has 1 aromatic rings. The number of nitrogens with two attached hydrogens (primary N) is 1. The average molecular weight is 243 g/mol. The molecule has 0 fully saturated rings. The maximum atomic E-state index is 13.6. The molecule has 16 heavy (non-hydrogen) atoms. The maximum Gasteiger partial charge on any atom is 0.129 e. The van der Waals surface area contributed by atoms with Crippen LogP contribution in [0.25, 0.3) is 0 Å². The molecule has 0 aromatic heterocycles. The summed E-state index contributed by atoms with van der Waals surface area (Å²) in [5.74, 6) is 5.08. The van der Waals surface area contributed by atoms with Crippen molar-refractivity contribution in [1.82, 2.24) is 5.43 Å². The van der Waals surface area contributed by atoms with Gasteiger partial charge in [-0.2, -0.15) is 0 Å². The Labute approximate surface area is 100 Å². The first-order chi connectivity index (χ1) is 7.54. The summed E-state index contributed by atoms with van der Waals surface area (Å²) in [4.78, 5) is 0. The number of hydrogen-bond donors (Lipinski definition) is 2. The highest BCUT2D eigenvalue weighted by atomic mass is 35.5. The molecule has 3 N–H and O–H groups in total. The van der Waals surface area contributed by atoms with Gasteiger partial charge >= 0.3 is 0 Å². The van der Waals surface area contributed by atoms with Crippen LogP contribution in [0.2, 0.25) is 5.02 Å². The molecule has 0 radical (unpaired) electrons. The molecule has 4 heteroatoms. The lowest BCUT2D eigenvalue weighted by atomic mass is 10.00. The topological polar surface area (TPSA) is 38.0 Å². The van der Waals surface area contributed by atoms with Crippen molar-refractivity contribution in [2.75, 3.05) is 0 Å². The number of hydrazine groups is 1. The van der Waals surface area contributed by atoms with E-state index in [2.05, 4.69) is 12.0 Å². The molecule has 0 spiro atoms. The molecule has 0 heterocycles. The van der Waals surface area contributed by atoms with Gasteiger partial charge in [0.25, 0.3) is 0 Å². The third-order valence-corrected chi connectivity index (χ3v) is 2.63. The van der Waals surface area contributed by atoms with Crippen LogP contribution in [0.5, 0.6) is 0 Å². The fourth-order valence-electron chi connectivity index (χ4n) is 1.50. The van der Waals surface area contributed by atoms with E-state index in [1.54, 1.807) is 12.1 Å². The van der Waals surface area contributed by atoms with Gasteiger partial charge in [0.05, 0.1) is 0 Å². The van der Waals surface area contributed by atoms with Gasteiger partial charge in [-0.05, 0) is 31.9 Å². The van der Waals surface area contributed by atoms with E-state index in [0.29, 0.717) is 17.0 Å². The SMILES string of the molecule is C=C(C)CCC(NN)c1ccc(Cl)cc1F. The van der Waals surface area contributed by atoms with Gasteiger partial charge < -0.3 is 0 Å². The van der Waals surface area contributed by atoms with Crippen molar-refractivity contribution in [3.05, 3.63) is 46.8 Å². The van der Waals surface area contributed by atoms with Gasteiger partial charge in [0, 0.05) is 16.6 Å². The third-order valence-electron chi connectivity index (χ3n) is 2.40. The van der Waals surface area contributed by atoms with E-state index in [-0.39, 0.29) is 11.9 Å². The van der Waals surface area contributed by atoms with E-state index in [4.69, 9.17) is 17.4 Å². The lowest BCUT2D eigenvalue weighted by Crippen LogP contribution is -2.28. The summed E-state index contributed by atoms with van der Waals surface area (Å²) in [6.07, 6.45) is 1.52. The lowest BCUT2D eigenvalue weighted by Gasteiger charge is -2.17. The summed E-state index contributed by atoms with van der Waals surface area (Å²) in [5, 5.41) is 0.386. The maximum absolute atomic E-state index is 13.6. The van der Waals surface area contributed by atoms with E-state index in [0.717, 1.165) is 12.0 Å². The van der Waals surface area contributed by atoms with Crippen molar-refractivity contribution < 1.29 is 4.39 Å². The van der Waals surface area contributed by atoms with Crippen molar-refractivity contribution in [2.24, 2.45) is 5.84 Å². The second-order valence-corrected chi connectivity index (χ2v) is 4.32. The number of benzene rings is 1. The van der Waals surface area contributed by atoms with Crippen LogP contribution in [-0.2, 0) is 0 Å². The zero-order valence-corrected chi connectivity index (χ0v) is 10.0. The Morgan fingerprint density at radius 1 is 1.62 bits per heavy atom. The van der Waals surface area contributed by atoms with Crippen LogP contribution in [-0.4, -0.2) is 0 Å². The van der Waals surface area contributed by atoms with Gasteiger partial charge in [-0.25, -0.2) is 4.39 Å². The minimum absolute atomic E-state index is 0.214. The number of rotatable bonds is 5. The van der Waals surface area contributed by atoms with Gasteiger partial charge in [0.15, 0.2) is 0 Å². The van der Waals surface area contributed by atoms with Crippen LogP contribution >= 0.6 is 11.6 Å². The van der Waals surface area contributed by atoms with Crippen molar-refractivity contribution >= 4 is 11.6 Å². The van der Waals surface area contributed by atoms with E-state index in [1.807, 2.05) is 6.92 Å². The molecule has 1 aromatic carbocycles. The Hall–Kier alpha value is -0.900. The normalized spacial score (nSPS) is 12.5. The highest BCUT2D eigenvalue weighted by molar-refractivity contribution is 6.30. The van der Waals surface area contributed by atoms with Gasteiger partial charge in [-0.3, -0.25) is 11.3 Å². The molecule has 0 aliphatic carbocycles. The van der Waals surface area contributed by atoms with Gasteiger partial charge in [0.2, 0.25) is 0 Å². The van der Waals surface area contributed by atoms with Crippen LogP contribution < -0.4 is 11.3 Å². The second kappa shape index (κ2) is 5.99. The molecule has 2 nitrogen and oxygen atoms in total. The predicted octanol–water partition coefficient (Wildman–Crippen LogP) is 3.34. The standard InChI is InChI=1S/C12H16ClFN2/c1-8(2)3-6-12(16-15)10-5-4-9(13)7-11(10)14/h4-5,7,12,16H,1,3,6,15H2,2H3. The largest absolute Gasteiger partial charge is 0.271 e. The van der Waals surface area contributed by atoms with Crippen molar-refractivity contribution in [2.45, 2.75) is 25.8 Å². The molecule has 0 aliphatic heterocycles. The average Bonchev–Trinajstić information content (AvgIpc) is 2.21. The molecule has 1 unspecified atom stereocenters. The van der Waals surface area contributed by atoms with Crippen molar-refractivity contribution in [3.8, 4) is 0 Å². The van der Waals surface area contributed by atoms with Gasteiger partial charge in [0.1, 0.15) is 5.82 Å². The molecule has 0 saturated heterocycles. The zero-order valence-electron chi connectivity index (χ0n) is 9.26. The highest BCUT2D eigenvalue weighted by Gasteiger charge is 2.14. The Bertz CT molecular complexity index is 379. The Morgan fingerprint density at radius 3 is 2.81 bits per heavy atom. The Morgan fingerprint density at radius 2 is 2.31 bits per heavy atom. The monoisotopic (exact) mass is 242 g/mol. The van der Waals surface area contributed by atoms with Crippen molar-refractivity contribution in [3.63, 3.8) is 0 Å². The summed E-state index contributed by atoms with van der Waals surface area (Å²) in [7, 11) is 0. The first-order valence-electron chi connectivity index (χ1n) is 5.10. The van der Waals surface area contributed by atoms with Crippen LogP contribution in [0.3, 0.4) is 0 Å². The molecule has 0 bridgehead atoms. The number of allylic oxidation sites excluding steroid dienone is 1. The van der Waals surface area contributed by atoms with Crippen LogP contribution in [0.15, 0.2) is 30.4 Å². The number of halogens is 2. The minimum atomic E-state index is -0.336. The van der Waals surface area contributed by atoms with Gasteiger partial charge in [-0.15, -0.1) is 6.58 Å². The molecule has 0 saturated carbocycles.